The first kappa shape index (κ1) is 10.8. The first-order valence-corrected chi connectivity index (χ1v) is 4.73. The molecule has 3 N–H and O–H groups in total. The van der Waals surface area contributed by atoms with E-state index in [-0.39, 0.29) is 0 Å². The average Bonchev–Trinajstić information content (AvgIpc) is 1.80. The third-order valence-corrected chi connectivity index (χ3v) is 2.36. The summed E-state index contributed by atoms with van der Waals surface area (Å²) in [6.07, 6.45) is 0.291. The Morgan fingerprint density at radius 1 is 1.55 bits per heavy atom. The zero-order valence-electron chi connectivity index (χ0n) is 6.78. The van der Waals surface area contributed by atoms with Crippen LogP contribution in [-0.4, -0.2) is 43.9 Å². The molecule has 0 bridgehead atoms. The highest BCUT2D eigenvalue weighted by molar-refractivity contribution is 7.86. The summed E-state index contributed by atoms with van der Waals surface area (Å²) in [5.41, 5.74) is 3.25. The lowest BCUT2D eigenvalue weighted by molar-refractivity contribution is -0.391. The van der Waals surface area contributed by atoms with Gasteiger partial charge < -0.3 is 15.2 Å². The van der Waals surface area contributed by atoms with Crippen LogP contribution >= 0.6 is 0 Å². The molecule has 1 atom stereocenters. The monoisotopic (exact) mass is 182 g/mol. The van der Waals surface area contributed by atoms with Gasteiger partial charge in [0.15, 0.2) is 5.37 Å². The molecule has 11 heavy (non-hydrogen) atoms. The number of nitrogens with zero attached hydrogens (tertiary/aromatic N) is 1. The number of hydrogen-bond acceptors (Lipinski definition) is 4. The van der Waals surface area contributed by atoms with Crippen LogP contribution in [0.25, 0.3) is 0 Å². The summed E-state index contributed by atoms with van der Waals surface area (Å²) in [7, 11) is -0.567. The van der Waals surface area contributed by atoms with Crippen LogP contribution in [0, 0.1) is 0 Å². The second-order valence-electron chi connectivity index (χ2n) is 2.71. The fraction of sp³-hybridized carbons (Fsp3) is 1.00. The molecule has 68 valence electrons. The van der Waals surface area contributed by atoms with Crippen LogP contribution in [0.5, 0.6) is 0 Å². The van der Waals surface area contributed by atoms with Crippen LogP contribution in [0.15, 0.2) is 0 Å². The molecule has 6 heteroatoms. The van der Waals surface area contributed by atoms with E-state index in [1.165, 1.54) is 0 Å². The lowest BCUT2D eigenvalue weighted by Crippen LogP contribution is -2.65. The summed E-state index contributed by atoms with van der Waals surface area (Å²) in [5, 5.41) is -1.02. The summed E-state index contributed by atoms with van der Waals surface area (Å²) in [6, 6.07) is 0. The van der Waals surface area contributed by atoms with Gasteiger partial charge in [0.25, 0.3) is 0 Å². The van der Waals surface area contributed by atoms with E-state index in [1.54, 1.807) is 0 Å². The van der Waals surface area contributed by atoms with Crippen molar-refractivity contribution in [1.29, 1.82) is 0 Å². The number of hydrogen-bond donors (Lipinski definition) is 1. The highest BCUT2D eigenvalue weighted by atomic mass is 32.2. The molecule has 5 nitrogen and oxygen atoms in total. The Morgan fingerprint density at radius 3 is 2.27 bits per heavy atom. The van der Waals surface area contributed by atoms with Crippen molar-refractivity contribution in [1.82, 2.24) is 4.90 Å². The molecule has 0 aromatic carbocycles. The molecule has 0 heterocycles. The van der Waals surface area contributed by atoms with E-state index in [1.807, 2.05) is 19.0 Å². The van der Waals surface area contributed by atoms with Crippen molar-refractivity contribution in [3.05, 3.63) is 0 Å². The van der Waals surface area contributed by atoms with Crippen molar-refractivity contribution in [3.8, 4) is 0 Å². The quantitative estimate of drug-likeness (QED) is 0.512. The van der Waals surface area contributed by atoms with Crippen LogP contribution in [0.2, 0.25) is 0 Å². The fourth-order valence-electron chi connectivity index (χ4n) is 0.547. The lowest BCUT2D eigenvalue weighted by Gasteiger charge is -2.15. The molecule has 1 unspecified atom stereocenters. The summed E-state index contributed by atoms with van der Waals surface area (Å²) in [6.45, 7) is 0.565. The van der Waals surface area contributed by atoms with Gasteiger partial charge in [0, 0.05) is 13.0 Å². The Labute approximate surface area is 66.9 Å². The van der Waals surface area contributed by atoms with Crippen molar-refractivity contribution >= 4 is 10.1 Å². The fourth-order valence-corrected chi connectivity index (χ4v) is 0.941. The first-order valence-electron chi connectivity index (χ1n) is 3.26. The number of quaternary nitrogens is 1. The highest BCUT2D eigenvalue weighted by Crippen LogP contribution is 1.94. The van der Waals surface area contributed by atoms with Gasteiger partial charge >= 0.3 is 0 Å². The van der Waals surface area contributed by atoms with Gasteiger partial charge in [0.05, 0.1) is 0 Å². The molecule has 0 aliphatic carbocycles. The molecule has 0 saturated heterocycles. The maximum Gasteiger partial charge on any atom is 0.175 e. The Bertz CT molecular complexity index is 200. The van der Waals surface area contributed by atoms with Gasteiger partial charge in [0.1, 0.15) is 10.1 Å². The van der Waals surface area contributed by atoms with E-state index >= 15 is 0 Å². The van der Waals surface area contributed by atoms with Gasteiger partial charge in [-0.05, 0) is 14.1 Å². The second-order valence-corrected chi connectivity index (χ2v) is 4.36. The van der Waals surface area contributed by atoms with Crippen molar-refractivity contribution in [2.24, 2.45) is 0 Å². The maximum atomic E-state index is 10.3. The average molecular weight is 182 g/mol. The predicted octanol–water partition coefficient (Wildman–Crippen LogP) is -1.95. The van der Waals surface area contributed by atoms with Gasteiger partial charge in [-0.15, -0.1) is 0 Å². The maximum absolute atomic E-state index is 10.3. The summed E-state index contributed by atoms with van der Waals surface area (Å²) < 4.78 is 30.9. The summed E-state index contributed by atoms with van der Waals surface area (Å²) >= 11 is 0. The molecule has 0 aromatic rings. The van der Waals surface area contributed by atoms with Gasteiger partial charge in [-0.2, -0.15) is 0 Å². The Morgan fingerprint density at radius 2 is 2.00 bits per heavy atom. The third kappa shape index (κ3) is 5.14. The van der Waals surface area contributed by atoms with Gasteiger partial charge in [0.2, 0.25) is 0 Å². The standard InChI is InChI=1S/C5H14N2O3S/c1-7(2)4-3-5(6)11(8,9)10/h5H,3-4,6H2,1-2H3,(H,8,9,10). The first-order chi connectivity index (χ1) is 4.84. The SMILES string of the molecule is CN(C)CCC([NH3+])S(=O)(=O)[O-]. The van der Waals surface area contributed by atoms with E-state index in [2.05, 4.69) is 5.73 Å². The molecule has 0 aliphatic heterocycles. The van der Waals surface area contributed by atoms with Crippen LogP contribution in [0.4, 0.5) is 0 Å². The molecule has 0 saturated carbocycles. The normalized spacial score (nSPS) is 15.4. The topological polar surface area (TPSA) is 88.1 Å². The van der Waals surface area contributed by atoms with Crippen LogP contribution in [0.3, 0.4) is 0 Å². The van der Waals surface area contributed by atoms with Gasteiger partial charge in [-0.3, -0.25) is 0 Å². The van der Waals surface area contributed by atoms with E-state index < -0.39 is 15.5 Å². The Balaban J connectivity index is 3.81. The Hall–Kier alpha value is -0.170. The van der Waals surface area contributed by atoms with E-state index in [0.29, 0.717) is 13.0 Å². The summed E-state index contributed by atoms with van der Waals surface area (Å²) in [4.78, 5) is 1.81. The molecular weight excluding hydrogens is 168 g/mol. The van der Waals surface area contributed by atoms with Crippen molar-refractivity contribution in [2.45, 2.75) is 11.8 Å². The number of rotatable bonds is 4. The zero-order chi connectivity index (χ0) is 9.07. The van der Waals surface area contributed by atoms with Crippen LogP contribution in [-0.2, 0) is 10.1 Å². The van der Waals surface area contributed by atoms with Crippen LogP contribution in [0.1, 0.15) is 6.42 Å². The molecule has 0 amide bonds. The lowest BCUT2D eigenvalue weighted by atomic mass is 10.4. The molecule has 0 spiro atoms. The third-order valence-electron chi connectivity index (χ3n) is 1.31. The van der Waals surface area contributed by atoms with E-state index in [4.69, 9.17) is 0 Å². The largest absolute Gasteiger partial charge is 0.743 e. The highest BCUT2D eigenvalue weighted by Gasteiger charge is 2.13. The zero-order valence-corrected chi connectivity index (χ0v) is 7.60. The predicted molar refractivity (Wildman–Crippen MR) is 39.5 cm³/mol. The minimum Gasteiger partial charge on any atom is -0.743 e. The van der Waals surface area contributed by atoms with Crippen molar-refractivity contribution < 1.29 is 18.7 Å². The van der Waals surface area contributed by atoms with Crippen LogP contribution < -0.4 is 5.73 Å². The second kappa shape index (κ2) is 4.01. The minimum atomic E-state index is -4.19. The molecule has 0 rings (SSSR count). The van der Waals surface area contributed by atoms with E-state index in [0.717, 1.165) is 0 Å². The van der Waals surface area contributed by atoms with E-state index in [9.17, 15) is 13.0 Å². The molecular formula is C5H14N2O3S. The molecule has 0 fully saturated rings. The smallest absolute Gasteiger partial charge is 0.175 e. The van der Waals surface area contributed by atoms with Gasteiger partial charge in [-0.1, -0.05) is 0 Å². The minimum absolute atomic E-state index is 0.291. The van der Waals surface area contributed by atoms with Gasteiger partial charge in [-0.25, -0.2) is 8.42 Å². The molecule has 0 aromatic heterocycles. The summed E-state index contributed by atoms with van der Waals surface area (Å²) in [5.74, 6) is 0. The molecule has 0 aliphatic rings. The van der Waals surface area contributed by atoms with Crippen molar-refractivity contribution in [3.63, 3.8) is 0 Å². The van der Waals surface area contributed by atoms with Crippen molar-refractivity contribution in [2.75, 3.05) is 20.6 Å². The molecule has 0 radical (unpaired) electrons. The Kier molecular flexibility index (Phi) is 3.95.